The van der Waals surface area contributed by atoms with Gasteiger partial charge in [0.15, 0.2) is 0 Å². The fourth-order valence-electron chi connectivity index (χ4n) is 1.36. The minimum atomic E-state index is -0.225. The third kappa shape index (κ3) is 6.46. The number of aliphatic hydroxyl groups excluding tert-OH is 1. The maximum atomic E-state index is 11.8. The second-order valence-corrected chi connectivity index (χ2v) is 3.82. The summed E-state index contributed by atoms with van der Waals surface area (Å²) in [4.78, 5) is 15.8. The smallest absolute Gasteiger partial charge is 0.251 e. The number of methoxy groups -OCH3 is 1. The molecular weight excluding hydrogens is 264 g/mol. The summed E-state index contributed by atoms with van der Waals surface area (Å²) in [6.45, 7) is 1.81. The largest absolute Gasteiger partial charge is 0.475 e. The fraction of sp³-hybridized carbons (Fsp3) is 0.538. The van der Waals surface area contributed by atoms with Gasteiger partial charge in [-0.2, -0.15) is 0 Å². The van der Waals surface area contributed by atoms with Crippen LogP contribution in [0.25, 0.3) is 0 Å². The fourth-order valence-corrected chi connectivity index (χ4v) is 1.36. The van der Waals surface area contributed by atoms with Crippen molar-refractivity contribution in [2.24, 2.45) is 0 Å². The van der Waals surface area contributed by atoms with E-state index in [-0.39, 0.29) is 19.1 Å². The van der Waals surface area contributed by atoms with Crippen molar-refractivity contribution in [2.75, 3.05) is 46.7 Å². The third-order valence-corrected chi connectivity index (χ3v) is 2.30. The number of hydrogen-bond acceptors (Lipinski definition) is 6. The third-order valence-electron chi connectivity index (χ3n) is 2.30. The molecular formula is C13H20N2O5. The minimum absolute atomic E-state index is 0.0273. The molecule has 0 spiro atoms. The predicted octanol–water partition coefficient (Wildman–Crippen LogP) is -0.154. The van der Waals surface area contributed by atoms with Crippen LogP contribution in [0.2, 0.25) is 0 Å². The Kier molecular flexibility index (Phi) is 8.28. The molecule has 0 fully saturated rings. The molecule has 0 radical (unpaired) electrons. The summed E-state index contributed by atoms with van der Waals surface area (Å²) in [5.74, 6) is 0.155. The second kappa shape index (κ2) is 10.1. The molecule has 0 aliphatic rings. The molecule has 0 saturated carbocycles. The number of amides is 1. The van der Waals surface area contributed by atoms with Crippen molar-refractivity contribution < 1.29 is 24.1 Å². The molecule has 20 heavy (non-hydrogen) atoms. The van der Waals surface area contributed by atoms with Gasteiger partial charge in [0, 0.05) is 31.5 Å². The molecule has 2 N–H and O–H groups in total. The highest BCUT2D eigenvalue weighted by atomic mass is 16.5. The first-order valence-corrected chi connectivity index (χ1v) is 6.32. The van der Waals surface area contributed by atoms with Crippen molar-refractivity contribution >= 4 is 5.91 Å². The van der Waals surface area contributed by atoms with Crippen LogP contribution < -0.4 is 10.1 Å². The number of aromatic nitrogens is 1. The molecule has 0 atom stereocenters. The van der Waals surface area contributed by atoms with E-state index >= 15 is 0 Å². The number of rotatable bonds is 10. The highest BCUT2D eigenvalue weighted by Crippen LogP contribution is 2.09. The van der Waals surface area contributed by atoms with Crippen LogP contribution in [-0.4, -0.2) is 62.7 Å². The Bertz CT molecular complexity index is 400. The van der Waals surface area contributed by atoms with Crippen molar-refractivity contribution in [1.29, 1.82) is 0 Å². The van der Waals surface area contributed by atoms with E-state index in [1.54, 1.807) is 19.2 Å². The van der Waals surface area contributed by atoms with Crippen LogP contribution in [0.1, 0.15) is 10.4 Å². The number of carbonyl (C=O) groups is 1. The minimum Gasteiger partial charge on any atom is -0.475 e. The van der Waals surface area contributed by atoms with Gasteiger partial charge in [-0.3, -0.25) is 4.79 Å². The van der Waals surface area contributed by atoms with Crippen molar-refractivity contribution in [3.8, 4) is 5.88 Å². The van der Waals surface area contributed by atoms with Gasteiger partial charge in [-0.15, -0.1) is 0 Å². The lowest BCUT2D eigenvalue weighted by Crippen LogP contribution is -2.27. The van der Waals surface area contributed by atoms with E-state index in [1.165, 1.54) is 6.20 Å². The van der Waals surface area contributed by atoms with E-state index < -0.39 is 0 Å². The SMILES string of the molecule is COCCOc1cc(C(=O)NCCOCCO)ccn1. The molecule has 1 amide bonds. The normalized spacial score (nSPS) is 10.3. The van der Waals surface area contributed by atoms with Crippen LogP contribution in [0.3, 0.4) is 0 Å². The van der Waals surface area contributed by atoms with Crippen LogP contribution in [0, 0.1) is 0 Å². The van der Waals surface area contributed by atoms with E-state index in [9.17, 15) is 4.79 Å². The molecule has 0 bridgehead atoms. The van der Waals surface area contributed by atoms with Crippen molar-refractivity contribution in [1.82, 2.24) is 10.3 Å². The Morgan fingerprint density at radius 2 is 2.20 bits per heavy atom. The summed E-state index contributed by atoms with van der Waals surface area (Å²) in [6.07, 6.45) is 1.51. The molecule has 1 heterocycles. The highest BCUT2D eigenvalue weighted by molar-refractivity contribution is 5.94. The summed E-state index contributed by atoms with van der Waals surface area (Å²) in [6, 6.07) is 3.17. The Balaban J connectivity index is 2.37. The van der Waals surface area contributed by atoms with Gasteiger partial charge in [0.05, 0.1) is 26.4 Å². The standard InChI is InChI=1S/C13H20N2O5/c1-18-8-9-20-12-10-11(2-3-14-12)13(17)15-4-6-19-7-5-16/h2-3,10,16H,4-9H2,1H3,(H,15,17). The van der Waals surface area contributed by atoms with E-state index in [0.717, 1.165) is 0 Å². The number of aliphatic hydroxyl groups is 1. The first-order chi connectivity index (χ1) is 9.77. The van der Waals surface area contributed by atoms with Gasteiger partial charge in [-0.1, -0.05) is 0 Å². The lowest BCUT2D eigenvalue weighted by Gasteiger charge is -2.08. The molecule has 1 rings (SSSR count). The summed E-state index contributed by atoms with van der Waals surface area (Å²) in [5.41, 5.74) is 0.467. The number of pyridine rings is 1. The summed E-state index contributed by atoms with van der Waals surface area (Å²) < 4.78 is 15.2. The molecule has 112 valence electrons. The topological polar surface area (TPSA) is 89.9 Å². The van der Waals surface area contributed by atoms with Crippen molar-refractivity contribution in [3.63, 3.8) is 0 Å². The number of nitrogens with zero attached hydrogens (tertiary/aromatic N) is 1. The quantitative estimate of drug-likeness (QED) is 0.581. The molecule has 0 unspecified atom stereocenters. The number of nitrogens with one attached hydrogen (secondary N) is 1. The molecule has 7 heteroatoms. The van der Waals surface area contributed by atoms with Gasteiger partial charge in [-0.05, 0) is 6.07 Å². The average molecular weight is 284 g/mol. The van der Waals surface area contributed by atoms with Gasteiger partial charge in [0.1, 0.15) is 6.61 Å². The summed E-state index contributed by atoms with van der Waals surface area (Å²) in [7, 11) is 1.58. The Hall–Kier alpha value is -1.70. The van der Waals surface area contributed by atoms with E-state index in [0.29, 0.717) is 37.8 Å². The van der Waals surface area contributed by atoms with Crippen LogP contribution >= 0.6 is 0 Å². The maximum Gasteiger partial charge on any atom is 0.251 e. The van der Waals surface area contributed by atoms with Crippen LogP contribution in [0.15, 0.2) is 18.3 Å². The second-order valence-electron chi connectivity index (χ2n) is 3.82. The molecule has 0 aliphatic heterocycles. The Labute approximate surface area is 117 Å². The first-order valence-electron chi connectivity index (χ1n) is 6.32. The number of hydrogen-bond donors (Lipinski definition) is 2. The van der Waals surface area contributed by atoms with Gasteiger partial charge in [0.25, 0.3) is 5.91 Å². The Morgan fingerprint density at radius 3 is 2.95 bits per heavy atom. The first kappa shape index (κ1) is 16.4. The maximum absolute atomic E-state index is 11.8. The predicted molar refractivity (Wildman–Crippen MR) is 71.8 cm³/mol. The van der Waals surface area contributed by atoms with E-state index in [4.69, 9.17) is 19.3 Å². The zero-order chi connectivity index (χ0) is 14.6. The molecule has 0 saturated heterocycles. The van der Waals surface area contributed by atoms with Gasteiger partial charge < -0.3 is 24.6 Å². The molecule has 0 aromatic carbocycles. The van der Waals surface area contributed by atoms with Crippen LogP contribution in [0.4, 0.5) is 0 Å². The lowest BCUT2D eigenvalue weighted by molar-refractivity contribution is 0.0837. The molecule has 7 nitrogen and oxygen atoms in total. The zero-order valence-corrected chi connectivity index (χ0v) is 11.5. The van der Waals surface area contributed by atoms with E-state index in [1.807, 2.05) is 0 Å². The molecule has 0 aliphatic carbocycles. The van der Waals surface area contributed by atoms with Crippen LogP contribution in [-0.2, 0) is 9.47 Å². The monoisotopic (exact) mass is 284 g/mol. The van der Waals surface area contributed by atoms with Gasteiger partial charge in [-0.25, -0.2) is 4.98 Å². The summed E-state index contributed by atoms with van der Waals surface area (Å²) >= 11 is 0. The molecule has 1 aromatic rings. The number of carbonyl (C=O) groups excluding carboxylic acids is 1. The van der Waals surface area contributed by atoms with Crippen molar-refractivity contribution in [2.45, 2.75) is 0 Å². The summed E-state index contributed by atoms with van der Waals surface area (Å²) in [5, 5.41) is 11.2. The Morgan fingerprint density at radius 1 is 1.35 bits per heavy atom. The van der Waals surface area contributed by atoms with Crippen molar-refractivity contribution in [3.05, 3.63) is 23.9 Å². The van der Waals surface area contributed by atoms with E-state index in [2.05, 4.69) is 10.3 Å². The molecule has 1 aromatic heterocycles. The zero-order valence-electron chi connectivity index (χ0n) is 11.5. The van der Waals surface area contributed by atoms with Gasteiger partial charge in [0.2, 0.25) is 5.88 Å². The van der Waals surface area contributed by atoms with Crippen LogP contribution in [0.5, 0.6) is 5.88 Å². The van der Waals surface area contributed by atoms with Gasteiger partial charge >= 0.3 is 0 Å². The number of ether oxygens (including phenoxy) is 3. The highest BCUT2D eigenvalue weighted by Gasteiger charge is 2.06. The lowest BCUT2D eigenvalue weighted by atomic mass is 10.2. The average Bonchev–Trinajstić information content (AvgIpc) is 2.47.